The molecule has 0 fully saturated rings. The monoisotopic (exact) mass is 205 g/mol. The molecule has 80 valence electrons. The van der Waals surface area contributed by atoms with Crippen molar-refractivity contribution in [3.05, 3.63) is 42.2 Å². The first-order valence-corrected chi connectivity index (χ1v) is 4.97. The number of amides is 1. The van der Waals surface area contributed by atoms with Gasteiger partial charge in [0.05, 0.1) is 11.8 Å². The van der Waals surface area contributed by atoms with E-state index in [-0.39, 0.29) is 5.91 Å². The summed E-state index contributed by atoms with van der Waals surface area (Å²) in [5.41, 5.74) is 1.01. The lowest BCUT2D eigenvalue weighted by Crippen LogP contribution is -2.25. The highest BCUT2D eigenvalue weighted by Gasteiger charge is 2.10. The molecule has 0 bridgehead atoms. The van der Waals surface area contributed by atoms with Crippen molar-refractivity contribution >= 4 is 11.5 Å². The van der Waals surface area contributed by atoms with Crippen molar-refractivity contribution in [3.8, 4) is 0 Å². The van der Waals surface area contributed by atoms with Crippen LogP contribution in [0.2, 0.25) is 0 Å². The van der Waals surface area contributed by atoms with Gasteiger partial charge in [-0.05, 0) is 12.0 Å². The largest absolute Gasteiger partial charge is 0.515 e. The van der Waals surface area contributed by atoms with E-state index in [0.29, 0.717) is 17.7 Å². The molecular formula is C12H15NO2. The van der Waals surface area contributed by atoms with Crippen LogP contribution < -0.4 is 5.32 Å². The molecule has 0 aliphatic heterocycles. The summed E-state index contributed by atoms with van der Waals surface area (Å²) < 4.78 is 0. The van der Waals surface area contributed by atoms with Crippen LogP contribution in [0.5, 0.6) is 0 Å². The second-order valence-electron chi connectivity index (χ2n) is 3.16. The van der Waals surface area contributed by atoms with Crippen LogP contribution in [-0.4, -0.2) is 17.6 Å². The maximum absolute atomic E-state index is 11.6. The number of benzene rings is 1. The SMILES string of the molecule is CCCNC(=O)/C(=C\O)c1ccccc1. The Bertz CT molecular complexity index is 344. The van der Waals surface area contributed by atoms with E-state index in [1.54, 1.807) is 12.1 Å². The van der Waals surface area contributed by atoms with Crippen molar-refractivity contribution in [1.82, 2.24) is 5.32 Å². The Morgan fingerprint density at radius 3 is 2.60 bits per heavy atom. The standard InChI is InChI=1S/C12H15NO2/c1-2-8-13-12(15)11(9-14)10-6-4-3-5-7-10/h3-7,9,14H,2,8H2,1H3,(H,13,15)/b11-9-. The first-order valence-electron chi connectivity index (χ1n) is 4.97. The molecule has 0 aromatic heterocycles. The summed E-state index contributed by atoms with van der Waals surface area (Å²) in [5.74, 6) is -0.245. The lowest BCUT2D eigenvalue weighted by molar-refractivity contribution is -0.115. The highest BCUT2D eigenvalue weighted by atomic mass is 16.2. The van der Waals surface area contributed by atoms with Crippen LogP contribution in [0.25, 0.3) is 5.57 Å². The Hall–Kier alpha value is -1.77. The molecule has 1 aromatic carbocycles. The van der Waals surface area contributed by atoms with Crippen molar-refractivity contribution in [1.29, 1.82) is 0 Å². The van der Waals surface area contributed by atoms with Gasteiger partial charge in [0.2, 0.25) is 0 Å². The number of carbonyl (C=O) groups is 1. The van der Waals surface area contributed by atoms with Gasteiger partial charge >= 0.3 is 0 Å². The minimum Gasteiger partial charge on any atom is -0.515 e. The molecule has 15 heavy (non-hydrogen) atoms. The zero-order chi connectivity index (χ0) is 11.1. The van der Waals surface area contributed by atoms with Crippen LogP contribution in [0.1, 0.15) is 18.9 Å². The zero-order valence-corrected chi connectivity index (χ0v) is 8.73. The number of rotatable bonds is 4. The molecule has 2 N–H and O–H groups in total. The lowest BCUT2D eigenvalue weighted by Gasteiger charge is -2.06. The number of aliphatic hydroxyl groups is 1. The van der Waals surface area contributed by atoms with Gasteiger partial charge in [0.15, 0.2) is 0 Å². The lowest BCUT2D eigenvalue weighted by atomic mass is 10.1. The van der Waals surface area contributed by atoms with Gasteiger partial charge in [0.1, 0.15) is 0 Å². The van der Waals surface area contributed by atoms with Crippen LogP contribution in [0.3, 0.4) is 0 Å². The van der Waals surface area contributed by atoms with Crippen LogP contribution in [-0.2, 0) is 4.79 Å². The molecule has 0 atom stereocenters. The van der Waals surface area contributed by atoms with E-state index in [1.165, 1.54) is 0 Å². The third-order valence-corrected chi connectivity index (χ3v) is 1.99. The Labute approximate surface area is 89.4 Å². The second-order valence-corrected chi connectivity index (χ2v) is 3.16. The molecule has 0 unspecified atom stereocenters. The first-order chi connectivity index (χ1) is 7.29. The summed E-state index contributed by atoms with van der Waals surface area (Å²) in [6.07, 6.45) is 1.72. The molecule has 0 heterocycles. The average molecular weight is 205 g/mol. The third-order valence-electron chi connectivity index (χ3n) is 1.99. The van der Waals surface area contributed by atoms with Crippen molar-refractivity contribution < 1.29 is 9.90 Å². The molecule has 1 amide bonds. The molecule has 0 saturated heterocycles. The molecule has 0 aliphatic carbocycles. The molecule has 0 spiro atoms. The predicted molar refractivity (Wildman–Crippen MR) is 60.3 cm³/mol. The van der Waals surface area contributed by atoms with Gasteiger partial charge in [-0.3, -0.25) is 4.79 Å². The van der Waals surface area contributed by atoms with Crippen molar-refractivity contribution in [2.75, 3.05) is 6.54 Å². The minimum absolute atomic E-state index is 0.245. The van der Waals surface area contributed by atoms with Gasteiger partial charge in [-0.1, -0.05) is 37.3 Å². The van der Waals surface area contributed by atoms with Crippen LogP contribution >= 0.6 is 0 Å². The fourth-order valence-electron chi connectivity index (χ4n) is 1.22. The molecule has 3 nitrogen and oxygen atoms in total. The number of nitrogens with one attached hydrogen (secondary N) is 1. The highest BCUT2D eigenvalue weighted by molar-refractivity contribution is 6.19. The summed E-state index contributed by atoms with van der Waals surface area (Å²) in [4.78, 5) is 11.6. The maximum Gasteiger partial charge on any atom is 0.255 e. The van der Waals surface area contributed by atoms with E-state index >= 15 is 0 Å². The maximum atomic E-state index is 11.6. The predicted octanol–water partition coefficient (Wildman–Crippen LogP) is 2.11. The van der Waals surface area contributed by atoms with Crippen LogP contribution in [0, 0.1) is 0 Å². The molecular weight excluding hydrogens is 190 g/mol. The first kappa shape index (κ1) is 11.3. The summed E-state index contributed by atoms with van der Waals surface area (Å²) in [5, 5.41) is 11.7. The van der Waals surface area contributed by atoms with Crippen molar-refractivity contribution in [2.45, 2.75) is 13.3 Å². The Morgan fingerprint density at radius 2 is 2.07 bits per heavy atom. The van der Waals surface area contributed by atoms with Gasteiger partial charge in [-0.15, -0.1) is 0 Å². The molecule has 1 rings (SSSR count). The molecule has 0 radical (unpaired) electrons. The van der Waals surface area contributed by atoms with E-state index in [0.717, 1.165) is 12.7 Å². The Kier molecular flexibility index (Phi) is 4.41. The minimum atomic E-state index is -0.245. The molecule has 0 saturated carbocycles. The quantitative estimate of drug-likeness (QED) is 0.584. The fraction of sp³-hybridized carbons (Fsp3) is 0.250. The van der Waals surface area contributed by atoms with Crippen molar-refractivity contribution in [2.24, 2.45) is 0 Å². The third kappa shape index (κ3) is 3.13. The topological polar surface area (TPSA) is 49.3 Å². The second kappa shape index (κ2) is 5.86. The van der Waals surface area contributed by atoms with Crippen molar-refractivity contribution in [3.63, 3.8) is 0 Å². The highest BCUT2D eigenvalue weighted by Crippen LogP contribution is 2.12. The normalized spacial score (nSPS) is 11.1. The Morgan fingerprint density at radius 1 is 1.40 bits per heavy atom. The number of aliphatic hydroxyl groups excluding tert-OH is 1. The van der Waals surface area contributed by atoms with E-state index < -0.39 is 0 Å². The van der Waals surface area contributed by atoms with Gasteiger partial charge < -0.3 is 10.4 Å². The van der Waals surface area contributed by atoms with Gasteiger partial charge in [-0.25, -0.2) is 0 Å². The van der Waals surface area contributed by atoms with E-state index in [1.807, 2.05) is 25.1 Å². The van der Waals surface area contributed by atoms with Crippen LogP contribution in [0.4, 0.5) is 0 Å². The summed E-state index contributed by atoms with van der Waals surface area (Å²) >= 11 is 0. The Balaban J connectivity index is 2.78. The number of hydrogen-bond acceptors (Lipinski definition) is 2. The average Bonchev–Trinajstić information content (AvgIpc) is 2.29. The summed E-state index contributed by atoms with van der Waals surface area (Å²) in [6, 6.07) is 9.08. The zero-order valence-electron chi connectivity index (χ0n) is 8.73. The van der Waals surface area contributed by atoms with E-state index in [4.69, 9.17) is 5.11 Å². The number of carbonyl (C=O) groups excluding carboxylic acids is 1. The van der Waals surface area contributed by atoms with E-state index in [9.17, 15) is 4.79 Å². The summed E-state index contributed by atoms with van der Waals surface area (Å²) in [7, 11) is 0. The van der Waals surface area contributed by atoms with Gasteiger partial charge in [0.25, 0.3) is 5.91 Å². The van der Waals surface area contributed by atoms with Gasteiger partial charge in [0, 0.05) is 6.54 Å². The molecule has 0 aliphatic rings. The fourth-order valence-corrected chi connectivity index (χ4v) is 1.22. The van der Waals surface area contributed by atoms with Crippen LogP contribution in [0.15, 0.2) is 36.6 Å². The summed E-state index contributed by atoms with van der Waals surface area (Å²) in [6.45, 7) is 2.59. The van der Waals surface area contributed by atoms with Gasteiger partial charge in [-0.2, -0.15) is 0 Å². The number of hydrogen-bond donors (Lipinski definition) is 2. The smallest absolute Gasteiger partial charge is 0.255 e. The molecule has 3 heteroatoms. The van der Waals surface area contributed by atoms with E-state index in [2.05, 4.69) is 5.32 Å². The molecule has 1 aromatic rings.